The molecule has 106 valence electrons. The standard InChI is InChI=1S/C16H12BrNO2S/c17-13-7-4-8-14-12(13)9-15(21-14)18-16(19)20-10-11-5-2-1-3-6-11/h1-9H,10H2,(H,18,19). The lowest BCUT2D eigenvalue weighted by Gasteiger charge is -2.05. The van der Waals surface area contributed by atoms with Crippen LogP contribution in [0, 0.1) is 0 Å². The zero-order valence-electron chi connectivity index (χ0n) is 11.0. The number of benzene rings is 2. The number of anilines is 1. The topological polar surface area (TPSA) is 38.3 Å². The molecule has 3 aromatic rings. The van der Waals surface area contributed by atoms with Crippen LogP contribution in [0.5, 0.6) is 0 Å². The predicted octanol–water partition coefficient (Wildman–Crippen LogP) is 5.41. The zero-order chi connectivity index (χ0) is 14.7. The summed E-state index contributed by atoms with van der Waals surface area (Å²) in [5.74, 6) is 0. The van der Waals surface area contributed by atoms with E-state index in [-0.39, 0.29) is 6.61 Å². The van der Waals surface area contributed by atoms with Crippen LogP contribution in [0.25, 0.3) is 10.1 Å². The van der Waals surface area contributed by atoms with E-state index < -0.39 is 6.09 Å². The van der Waals surface area contributed by atoms with Gasteiger partial charge in [-0.3, -0.25) is 5.32 Å². The monoisotopic (exact) mass is 361 g/mol. The minimum Gasteiger partial charge on any atom is -0.444 e. The molecule has 1 amide bonds. The maximum atomic E-state index is 11.8. The van der Waals surface area contributed by atoms with Crippen LogP contribution in [0.2, 0.25) is 0 Å². The first-order valence-electron chi connectivity index (χ1n) is 6.38. The van der Waals surface area contributed by atoms with Crippen LogP contribution in [0.1, 0.15) is 5.56 Å². The van der Waals surface area contributed by atoms with E-state index in [2.05, 4.69) is 21.2 Å². The molecule has 1 aromatic heterocycles. The zero-order valence-corrected chi connectivity index (χ0v) is 13.4. The van der Waals surface area contributed by atoms with E-state index in [4.69, 9.17) is 4.74 Å². The summed E-state index contributed by atoms with van der Waals surface area (Å²) in [5, 5.41) is 4.62. The molecule has 1 heterocycles. The van der Waals surface area contributed by atoms with Gasteiger partial charge >= 0.3 is 6.09 Å². The van der Waals surface area contributed by atoms with Gasteiger partial charge in [0.25, 0.3) is 0 Å². The van der Waals surface area contributed by atoms with Crippen LogP contribution in [0.4, 0.5) is 9.80 Å². The Labute approximate surface area is 134 Å². The van der Waals surface area contributed by atoms with Gasteiger partial charge in [-0.25, -0.2) is 4.79 Å². The third-order valence-corrected chi connectivity index (χ3v) is 4.65. The van der Waals surface area contributed by atoms with Crippen molar-refractivity contribution in [3.05, 3.63) is 64.6 Å². The molecule has 0 aliphatic rings. The van der Waals surface area contributed by atoms with Crippen molar-refractivity contribution in [1.82, 2.24) is 0 Å². The van der Waals surface area contributed by atoms with E-state index >= 15 is 0 Å². The van der Waals surface area contributed by atoms with Crippen molar-refractivity contribution < 1.29 is 9.53 Å². The summed E-state index contributed by atoms with van der Waals surface area (Å²) in [6.45, 7) is 0.265. The van der Waals surface area contributed by atoms with Crippen LogP contribution >= 0.6 is 27.3 Å². The van der Waals surface area contributed by atoms with Gasteiger partial charge in [-0.05, 0) is 23.8 Å². The normalized spacial score (nSPS) is 10.5. The Morgan fingerprint density at radius 1 is 1.14 bits per heavy atom. The van der Waals surface area contributed by atoms with Gasteiger partial charge in [0.1, 0.15) is 6.61 Å². The second-order valence-electron chi connectivity index (χ2n) is 4.45. The summed E-state index contributed by atoms with van der Waals surface area (Å²) in [5.41, 5.74) is 0.965. The van der Waals surface area contributed by atoms with Crippen LogP contribution in [-0.2, 0) is 11.3 Å². The first kappa shape index (κ1) is 14.1. The molecule has 0 bridgehead atoms. The van der Waals surface area contributed by atoms with Gasteiger partial charge in [-0.1, -0.05) is 52.3 Å². The predicted molar refractivity (Wildman–Crippen MR) is 89.8 cm³/mol. The van der Waals surface area contributed by atoms with E-state index in [0.717, 1.165) is 25.1 Å². The average molecular weight is 362 g/mol. The SMILES string of the molecule is O=C(Nc1cc2c(Br)cccc2s1)OCc1ccccc1. The molecule has 5 heteroatoms. The summed E-state index contributed by atoms with van der Waals surface area (Å²) in [7, 11) is 0. The van der Waals surface area contributed by atoms with Crippen molar-refractivity contribution in [3.8, 4) is 0 Å². The quantitative estimate of drug-likeness (QED) is 0.676. The Hall–Kier alpha value is -1.85. The molecule has 3 rings (SSSR count). The Balaban J connectivity index is 1.65. The molecule has 21 heavy (non-hydrogen) atoms. The molecule has 0 spiro atoms. The third kappa shape index (κ3) is 3.43. The number of rotatable bonds is 3. The minimum absolute atomic E-state index is 0.265. The van der Waals surface area contributed by atoms with E-state index in [9.17, 15) is 4.79 Å². The van der Waals surface area contributed by atoms with Gasteiger partial charge in [0.2, 0.25) is 0 Å². The lowest BCUT2D eigenvalue weighted by Crippen LogP contribution is -2.12. The Bertz CT molecular complexity index is 770. The number of nitrogens with one attached hydrogen (secondary N) is 1. The van der Waals surface area contributed by atoms with E-state index in [1.807, 2.05) is 54.6 Å². The number of fused-ring (bicyclic) bond motifs is 1. The number of ether oxygens (including phenoxy) is 1. The average Bonchev–Trinajstić information content (AvgIpc) is 2.90. The van der Waals surface area contributed by atoms with Crippen molar-refractivity contribution in [3.63, 3.8) is 0 Å². The molecule has 1 N–H and O–H groups in total. The molecule has 0 saturated heterocycles. The molecular formula is C16H12BrNO2S. The third-order valence-electron chi connectivity index (χ3n) is 2.95. The van der Waals surface area contributed by atoms with Crippen LogP contribution < -0.4 is 5.32 Å². The lowest BCUT2D eigenvalue weighted by molar-refractivity contribution is 0.155. The first-order chi connectivity index (χ1) is 10.2. The molecule has 0 fully saturated rings. The van der Waals surface area contributed by atoms with Gasteiger partial charge in [0, 0.05) is 14.6 Å². The molecule has 0 aliphatic heterocycles. The highest BCUT2D eigenvalue weighted by Crippen LogP contribution is 2.34. The van der Waals surface area contributed by atoms with Gasteiger partial charge in [0.05, 0.1) is 5.00 Å². The molecule has 0 radical (unpaired) electrons. The fourth-order valence-electron chi connectivity index (χ4n) is 1.95. The summed E-state index contributed by atoms with van der Waals surface area (Å²) < 4.78 is 7.33. The second kappa shape index (κ2) is 6.28. The van der Waals surface area contributed by atoms with Gasteiger partial charge < -0.3 is 4.74 Å². The highest BCUT2D eigenvalue weighted by atomic mass is 79.9. The number of amides is 1. The highest BCUT2D eigenvalue weighted by Gasteiger charge is 2.08. The fourth-order valence-corrected chi connectivity index (χ4v) is 3.53. The maximum Gasteiger partial charge on any atom is 0.412 e. The molecule has 0 atom stereocenters. The van der Waals surface area contributed by atoms with Gasteiger partial charge in [-0.15, -0.1) is 11.3 Å². The molecule has 0 saturated carbocycles. The smallest absolute Gasteiger partial charge is 0.412 e. The van der Waals surface area contributed by atoms with Crippen molar-refractivity contribution in [1.29, 1.82) is 0 Å². The lowest BCUT2D eigenvalue weighted by atomic mass is 10.2. The summed E-state index contributed by atoms with van der Waals surface area (Å²) >= 11 is 5.02. The minimum atomic E-state index is -0.443. The Morgan fingerprint density at radius 3 is 2.71 bits per heavy atom. The number of halogens is 1. The summed E-state index contributed by atoms with van der Waals surface area (Å²) in [6.07, 6.45) is -0.443. The molecule has 0 aliphatic carbocycles. The van der Waals surface area contributed by atoms with Crippen molar-refractivity contribution in [2.24, 2.45) is 0 Å². The number of carbonyl (C=O) groups excluding carboxylic acids is 1. The highest BCUT2D eigenvalue weighted by molar-refractivity contribution is 9.10. The van der Waals surface area contributed by atoms with E-state index in [1.165, 1.54) is 11.3 Å². The fraction of sp³-hybridized carbons (Fsp3) is 0.0625. The van der Waals surface area contributed by atoms with Gasteiger partial charge in [-0.2, -0.15) is 0 Å². The van der Waals surface area contributed by atoms with Crippen LogP contribution in [-0.4, -0.2) is 6.09 Å². The number of hydrogen-bond acceptors (Lipinski definition) is 3. The van der Waals surface area contributed by atoms with E-state index in [1.54, 1.807) is 0 Å². The molecule has 0 unspecified atom stereocenters. The van der Waals surface area contributed by atoms with Crippen molar-refractivity contribution in [2.75, 3.05) is 5.32 Å². The van der Waals surface area contributed by atoms with E-state index in [0.29, 0.717) is 0 Å². The largest absolute Gasteiger partial charge is 0.444 e. The molecular weight excluding hydrogens is 350 g/mol. The van der Waals surface area contributed by atoms with Gasteiger partial charge in [0.15, 0.2) is 0 Å². The molecule has 2 aromatic carbocycles. The summed E-state index contributed by atoms with van der Waals surface area (Å²) in [6, 6.07) is 17.5. The molecule has 3 nitrogen and oxygen atoms in total. The number of carbonyl (C=O) groups is 1. The first-order valence-corrected chi connectivity index (χ1v) is 7.99. The summed E-state index contributed by atoms with van der Waals surface area (Å²) in [4.78, 5) is 11.8. The maximum absolute atomic E-state index is 11.8. The second-order valence-corrected chi connectivity index (χ2v) is 6.39. The Morgan fingerprint density at radius 2 is 1.95 bits per heavy atom. The number of hydrogen-bond donors (Lipinski definition) is 1. The van der Waals surface area contributed by atoms with Crippen molar-refractivity contribution >= 4 is 48.4 Å². The van der Waals surface area contributed by atoms with Crippen LogP contribution in [0.15, 0.2) is 59.1 Å². The number of thiophene rings is 1. The van der Waals surface area contributed by atoms with Crippen molar-refractivity contribution in [2.45, 2.75) is 6.61 Å². The van der Waals surface area contributed by atoms with Crippen LogP contribution in [0.3, 0.4) is 0 Å². The Kier molecular flexibility index (Phi) is 4.22.